The fraction of sp³-hybridized carbons (Fsp3) is 0.846. The molecule has 108 valence electrons. The van der Waals surface area contributed by atoms with Gasteiger partial charge in [-0.2, -0.15) is 0 Å². The third kappa shape index (κ3) is 3.06. The largest absolute Gasteiger partial charge is 0.383 e. The highest BCUT2D eigenvalue weighted by molar-refractivity contribution is 5.95. The number of carbonyl (C=O) groups excluding carboxylic acids is 2. The number of methoxy groups -OCH3 is 1. The zero-order chi connectivity index (χ0) is 13.8. The third-order valence-electron chi connectivity index (χ3n) is 3.96. The standard InChI is InChI=1S/C13H23N3O3/c1-14-10(9-19-2)7-15-8-12(17)16-6-4-3-5-11(16)13(15)18/h10-11,14H,3-9H2,1-2H3. The minimum atomic E-state index is -0.227. The van der Waals surface area contributed by atoms with E-state index in [1.54, 1.807) is 16.9 Å². The van der Waals surface area contributed by atoms with Gasteiger partial charge in [0.05, 0.1) is 13.2 Å². The summed E-state index contributed by atoms with van der Waals surface area (Å²) in [5, 5.41) is 3.11. The Bertz CT molecular complexity index is 348. The van der Waals surface area contributed by atoms with Gasteiger partial charge in [-0.1, -0.05) is 0 Å². The molecule has 2 aliphatic heterocycles. The lowest BCUT2D eigenvalue weighted by Crippen LogP contribution is -2.63. The number of likely N-dealkylation sites (N-methyl/N-ethyl adjacent to an activating group) is 1. The first-order valence-electron chi connectivity index (χ1n) is 6.91. The maximum atomic E-state index is 12.4. The molecule has 2 amide bonds. The van der Waals surface area contributed by atoms with E-state index < -0.39 is 0 Å². The van der Waals surface area contributed by atoms with Crippen LogP contribution in [0.25, 0.3) is 0 Å². The van der Waals surface area contributed by atoms with E-state index in [0.29, 0.717) is 13.2 Å². The highest BCUT2D eigenvalue weighted by Gasteiger charge is 2.40. The van der Waals surface area contributed by atoms with E-state index in [1.807, 2.05) is 7.05 Å². The lowest BCUT2D eigenvalue weighted by molar-refractivity contribution is -0.158. The second-order valence-electron chi connectivity index (χ2n) is 5.26. The predicted octanol–water partition coefficient (Wildman–Crippen LogP) is -0.556. The molecule has 2 unspecified atom stereocenters. The monoisotopic (exact) mass is 269 g/mol. The summed E-state index contributed by atoms with van der Waals surface area (Å²) >= 11 is 0. The van der Waals surface area contributed by atoms with Crippen molar-refractivity contribution >= 4 is 11.8 Å². The van der Waals surface area contributed by atoms with Crippen molar-refractivity contribution in [2.75, 3.05) is 40.4 Å². The quantitative estimate of drug-likeness (QED) is 0.727. The normalized spacial score (nSPS) is 25.5. The van der Waals surface area contributed by atoms with Crippen molar-refractivity contribution in [3.63, 3.8) is 0 Å². The van der Waals surface area contributed by atoms with Gasteiger partial charge in [0.2, 0.25) is 11.8 Å². The summed E-state index contributed by atoms with van der Waals surface area (Å²) in [6.07, 6.45) is 2.84. The van der Waals surface area contributed by atoms with Gasteiger partial charge >= 0.3 is 0 Å². The molecule has 1 N–H and O–H groups in total. The summed E-state index contributed by atoms with van der Waals surface area (Å²) in [6.45, 7) is 2.00. The van der Waals surface area contributed by atoms with Crippen molar-refractivity contribution in [1.82, 2.24) is 15.1 Å². The average Bonchev–Trinajstić information content (AvgIpc) is 2.44. The number of ether oxygens (including phenoxy) is 1. The Kier molecular flexibility index (Phi) is 4.76. The lowest BCUT2D eigenvalue weighted by Gasteiger charge is -2.43. The molecular formula is C13H23N3O3. The summed E-state index contributed by atoms with van der Waals surface area (Å²) < 4.78 is 5.11. The van der Waals surface area contributed by atoms with Crippen LogP contribution in [0.2, 0.25) is 0 Å². The lowest BCUT2D eigenvalue weighted by atomic mass is 9.98. The summed E-state index contributed by atoms with van der Waals surface area (Å²) in [5.41, 5.74) is 0. The molecule has 2 aliphatic rings. The van der Waals surface area contributed by atoms with Crippen LogP contribution < -0.4 is 5.32 Å². The van der Waals surface area contributed by atoms with E-state index in [0.717, 1.165) is 25.8 Å². The van der Waals surface area contributed by atoms with Crippen LogP contribution in [0.15, 0.2) is 0 Å². The van der Waals surface area contributed by atoms with Crippen LogP contribution in [-0.4, -0.2) is 74.1 Å². The van der Waals surface area contributed by atoms with Crippen LogP contribution >= 0.6 is 0 Å². The molecule has 0 aromatic rings. The topological polar surface area (TPSA) is 61.9 Å². The Morgan fingerprint density at radius 1 is 1.42 bits per heavy atom. The van der Waals surface area contributed by atoms with E-state index in [4.69, 9.17) is 4.74 Å². The fourth-order valence-electron chi connectivity index (χ4n) is 2.88. The molecule has 0 saturated carbocycles. The van der Waals surface area contributed by atoms with Crippen LogP contribution in [0.4, 0.5) is 0 Å². The highest BCUT2D eigenvalue weighted by atomic mass is 16.5. The van der Waals surface area contributed by atoms with E-state index in [9.17, 15) is 9.59 Å². The first-order chi connectivity index (χ1) is 9.17. The van der Waals surface area contributed by atoms with Crippen LogP contribution in [0.3, 0.4) is 0 Å². The Hall–Kier alpha value is -1.14. The number of fused-ring (bicyclic) bond motifs is 1. The van der Waals surface area contributed by atoms with Gasteiger partial charge in [0.25, 0.3) is 0 Å². The number of hydrogen-bond acceptors (Lipinski definition) is 4. The van der Waals surface area contributed by atoms with Gasteiger partial charge in [0.1, 0.15) is 6.04 Å². The highest BCUT2D eigenvalue weighted by Crippen LogP contribution is 2.23. The number of nitrogens with zero attached hydrogens (tertiary/aromatic N) is 2. The minimum Gasteiger partial charge on any atom is -0.383 e. The molecule has 0 aromatic carbocycles. The van der Waals surface area contributed by atoms with Crippen molar-refractivity contribution in [3.05, 3.63) is 0 Å². The van der Waals surface area contributed by atoms with Gasteiger partial charge in [-0.3, -0.25) is 9.59 Å². The van der Waals surface area contributed by atoms with E-state index >= 15 is 0 Å². The Morgan fingerprint density at radius 2 is 2.21 bits per heavy atom. The van der Waals surface area contributed by atoms with Crippen LogP contribution in [-0.2, 0) is 14.3 Å². The molecular weight excluding hydrogens is 246 g/mol. The number of amides is 2. The molecule has 6 nitrogen and oxygen atoms in total. The van der Waals surface area contributed by atoms with Gasteiger partial charge in [-0.25, -0.2) is 0 Å². The molecule has 2 rings (SSSR count). The summed E-state index contributed by atoms with van der Waals surface area (Å²) in [7, 11) is 3.48. The van der Waals surface area contributed by atoms with Gasteiger partial charge in [-0.15, -0.1) is 0 Å². The van der Waals surface area contributed by atoms with Crippen LogP contribution in [0, 0.1) is 0 Å². The molecule has 0 bridgehead atoms. The van der Waals surface area contributed by atoms with Crippen LogP contribution in [0.5, 0.6) is 0 Å². The molecule has 6 heteroatoms. The number of nitrogens with one attached hydrogen (secondary N) is 1. The summed E-state index contributed by atoms with van der Waals surface area (Å²) in [5.74, 6) is 0.173. The Balaban J connectivity index is 2.01. The SMILES string of the molecule is CNC(COC)CN1CC(=O)N2CCCCC2C1=O. The smallest absolute Gasteiger partial charge is 0.245 e. The second-order valence-corrected chi connectivity index (χ2v) is 5.26. The molecule has 0 spiro atoms. The maximum absolute atomic E-state index is 12.4. The van der Waals surface area contributed by atoms with E-state index in [-0.39, 0.29) is 30.4 Å². The molecule has 2 saturated heterocycles. The van der Waals surface area contributed by atoms with Gasteiger partial charge < -0.3 is 19.9 Å². The third-order valence-corrected chi connectivity index (χ3v) is 3.96. The summed E-state index contributed by atoms with van der Waals surface area (Å²) in [4.78, 5) is 27.9. The zero-order valence-corrected chi connectivity index (χ0v) is 11.7. The second kappa shape index (κ2) is 6.34. The predicted molar refractivity (Wildman–Crippen MR) is 70.7 cm³/mol. The van der Waals surface area contributed by atoms with Crippen molar-refractivity contribution in [2.45, 2.75) is 31.3 Å². The van der Waals surface area contributed by atoms with Crippen LogP contribution in [0.1, 0.15) is 19.3 Å². The minimum absolute atomic E-state index is 0.0666. The Morgan fingerprint density at radius 3 is 2.89 bits per heavy atom. The number of piperidine rings is 1. The van der Waals surface area contributed by atoms with Gasteiger partial charge in [0.15, 0.2) is 0 Å². The van der Waals surface area contributed by atoms with Crippen molar-refractivity contribution in [2.24, 2.45) is 0 Å². The molecule has 19 heavy (non-hydrogen) atoms. The zero-order valence-electron chi connectivity index (χ0n) is 11.7. The maximum Gasteiger partial charge on any atom is 0.245 e. The van der Waals surface area contributed by atoms with Gasteiger partial charge in [-0.05, 0) is 26.3 Å². The van der Waals surface area contributed by atoms with E-state index in [1.165, 1.54) is 0 Å². The molecule has 0 aromatic heterocycles. The first kappa shape index (κ1) is 14.3. The number of rotatable bonds is 5. The Labute approximate surface area is 114 Å². The molecule has 2 fully saturated rings. The number of carbonyl (C=O) groups is 2. The average molecular weight is 269 g/mol. The van der Waals surface area contributed by atoms with Crippen molar-refractivity contribution in [3.8, 4) is 0 Å². The van der Waals surface area contributed by atoms with E-state index in [2.05, 4.69) is 5.32 Å². The number of piperazine rings is 1. The fourth-order valence-corrected chi connectivity index (χ4v) is 2.88. The first-order valence-corrected chi connectivity index (χ1v) is 6.91. The number of hydrogen-bond donors (Lipinski definition) is 1. The van der Waals surface area contributed by atoms with Crippen molar-refractivity contribution in [1.29, 1.82) is 0 Å². The molecule has 0 aliphatic carbocycles. The molecule has 2 heterocycles. The summed E-state index contributed by atoms with van der Waals surface area (Å²) in [6, 6.07) is -0.160. The van der Waals surface area contributed by atoms with Gasteiger partial charge in [0, 0.05) is 26.2 Å². The van der Waals surface area contributed by atoms with Crippen molar-refractivity contribution < 1.29 is 14.3 Å². The molecule has 0 radical (unpaired) electrons. The molecule has 2 atom stereocenters.